The molecule has 1 amide bonds. The number of amides is 1. The van der Waals surface area contributed by atoms with Crippen molar-refractivity contribution in [3.63, 3.8) is 0 Å². The molecule has 0 aliphatic heterocycles. The molecular formula is C9H11FN2O2. The van der Waals surface area contributed by atoms with Crippen LogP contribution < -0.4 is 15.8 Å². The van der Waals surface area contributed by atoms with E-state index >= 15 is 0 Å². The molecule has 0 fully saturated rings. The molecule has 0 heterocycles. The summed E-state index contributed by atoms with van der Waals surface area (Å²) in [5.74, 6) is -0.547. The maximum absolute atomic E-state index is 12.7. The minimum Gasteiger partial charge on any atom is -0.494 e. The largest absolute Gasteiger partial charge is 0.494 e. The first-order valence-corrected chi connectivity index (χ1v) is 3.99. The van der Waals surface area contributed by atoms with Crippen molar-refractivity contribution in [2.75, 3.05) is 19.0 Å². The van der Waals surface area contributed by atoms with Gasteiger partial charge < -0.3 is 15.8 Å². The van der Waals surface area contributed by atoms with E-state index < -0.39 is 11.7 Å². The van der Waals surface area contributed by atoms with Crippen molar-refractivity contribution < 1.29 is 13.9 Å². The first-order chi connectivity index (χ1) is 6.63. The summed E-state index contributed by atoms with van der Waals surface area (Å²) in [6, 6.07) is 3.98. The number of anilines is 1. The number of hydrogen-bond donors (Lipinski definition) is 2. The maximum Gasteiger partial charge on any atom is 0.236 e. The van der Waals surface area contributed by atoms with E-state index in [0.29, 0.717) is 11.4 Å². The SMILES string of the molecule is COc1cc(F)ccc1NCC(N)=O. The third kappa shape index (κ3) is 2.62. The number of carbonyl (C=O) groups excluding carboxylic acids is 1. The van der Waals surface area contributed by atoms with Crippen molar-refractivity contribution in [3.05, 3.63) is 24.0 Å². The van der Waals surface area contributed by atoms with Crippen molar-refractivity contribution in [3.8, 4) is 5.75 Å². The third-order valence-electron chi connectivity index (χ3n) is 1.62. The summed E-state index contributed by atoms with van der Waals surface area (Å²) < 4.78 is 17.6. The Kier molecular flexibility index (Phi) is 3.28. The number of rotatable bonds is 4. The Hall–Kier alpha value is -1.78. The van der Waals surface area contributed by atoms with E-state index in [9.17, 15) is 9.18 Å². The zero-order valence-electron chi connectivity index (χ0n) is 7.71. The average Bonchev–Trinajstić information content (AvgIpc) is 2.15. The molecule has 0 radical (unpaired) electrons. The molecule has 0 aliphatic carbocycles. The minimum absolute atomic E-state index is 0.0119. The second kappa shape index (κ2) is 4.45. The molecule has 0 saturated heterocycles. The van der Waals surface area contributed by atoms with Gasteiger partial charge in [0.15, 0.2) is 0 Å². The zero-order chi connectivity index (χ0) is 10.6. The van der Waals surface area contributed by atoms with Gasteiger partial charge in [-0.3, -0.25) is 4.79 Å². The van der Waals surface area contributed by atoms with Gasteiger partial charge in [-0.05, 0) is 12.1 Å². The molecular weight excluding hydrogens is 187 g/mol. The van der Waals surface area contributed by atoms with Crippen molar-refractivity contribution in [2.24, 2.45) is 5.73 Å². The summed E-state index contributed by atoms with van der Waals surface area (Å²) in [6.45, 7) is -0.0119. The standard InChI is InChI=1S/C9H11FN2O2/c1-14-8-4-6(10)2-3-7(8)12-5-9(11)13/h2-4,12H,5H2,1H3,(H2,11,13). The van der Waals surface area contributed by atoms with E-state index in [0.717, 1.165) is 0 Å². The summed E-state index contributed by atoms with van der Waals surface area (Å²) in [5, 5.41) is 2.72. The fourth-order valence-electron chi connectivity index (χ4n) is 0.993. The van der Waals surface area contributed by atoms with Gasteiger partial charge in [0, 0.05) is 6.07 Å². The number of ether oxygens (including phenoxy) is 1. The highest BCUT2D eigenvalue weighted by Gasteiger charge is 2.04. The number of methoxy groups -OCH3 is 1. The molecule has 0 bridgehead atoms. The van der Waals surface area contributed by atoms with E-state index in [1.807, 2.05) is 0 Å². The summed E-state index contributed by atoms with van der Waals surface area (Å²) in [6.07, 6.45) is 0. The van der Waals surface area contributed by atoms with Crippen molar-refractivity contribution in [1.82, 2.24) is 0 Å². The third-order valence-corrected chi connectivity index (χ3v) is 1.62. The van der Waals surface area contributed by atoms with Gasteiger partial charge in [-0.2, -0.15) is 0 Å². The highest BCUT2D eigenvalue weighted by molar-refractivity contribution is 5.79. The van der Waals surface area contributed by atoms with Crippen LogP contribution in [0.3, 0.4) is 0 Å². The second-order valence-electron chi connectivity index (χ2n) is 2.66. The Morgan fingerprint density at radius 1 is 1.64 bits per heavy atom. The van der Waals surface area contributed by atoms with E-state index in [1.165, 1.54) is 25.3 Å². The van der Waals surface area contributed by atoms with Crippen LogP contribution in [0.5, 0.6) is 5.75 Å². The zero-order valence-corrected chi connectivity index (χ0v) is 7.71. The van der Waals surface area contributed by atoms with E-state index in [1.54, 1.807) is 0 Å². The number of nitrogens with one attached hydrogen (secondary N) is 1. The molecule has 1 aromatic rings. The van der Waals surface area contributed by atoms with Gasteiger partial charge in [-0.25, -0.2) is 4.39 Å². The minimum atomic E-state index is -0.489. The number of nitrogens with two attached hydrogens (primary N) is 1. The summed E-state index contributed by atoms with van der Waals surface area (Å²) in [7, 11) is 1.42. The molecule has 14 heavy (non-hydrogen) atoms. The molecule has 0 atom stereocenters. The van der Waals surface area contributed by atoms with Crippen LogP contribution in [0.4, 0.5) is 10.1 Å². The number of benzene rings is 1. The lowest BCUT2D eigenvalue weighted by molar-refractivity contribution is -0.116. The lowest BCUT2D eigenvalue weighted by atomic mass is 10.3. The Bertz CT molecular complexity index is 342. The second-order valence-corrected chi connectivity index (χ2v) is 2.66. The monoisotopic (exact) mass is 198 g/mol. The Morgan fingerprint density at radius 3 is 2.93 bits per heavy atom. The number of halogens is 1. The van der Waals surface area contributed by atoms with Crippen LogP contribution in [-0.2, 0) is 4.79 Å². The van der Waals surface area contributed by atoms with E-state index in [-0.39, 0.29) is 6.54 Å². The molecule has 76 valence electrons. The van der Waals surface area contributed by atoms with E-state index in [2.05, 4.69) is 5.32 Å². The first kappa shape index (κ1) is 10.3. The molecule has 0 unspecified atom stereocenters. The van der Waals surface area contributed by atoms with E-state index in [4.69, 9.17) is 10.5 Å². The highest BCUT2D eigenvalue weighted by Crippen LogP contribution is 2.24. The molecule has 0 spiro atoms. The Balaban J connectivity index is 2.80. The smallest absolute Gasteiger partial charge is 0.236 e. The van der Waals surface area contributed by atoms with Crippen molar-refractivity contribution in [1.29, 1.82) is 0 Å². The average molecular weight is 198 g/mol. The maximum atomic E-state index is 12.7. The van der Waals surface area contributed by atoms with Gasteiger partial charge in [-0.15, -0.1) is 0 Å². The van der Waals surface area contributed by atoms with Gasteiger partial charge in [0.1, 0.15) is 11.6 Å². The molecule has 0 aliphatic rings. The van der Waals surface area contributed by atoms with Crippen LogP contribution in [0.2, 0.25) is 0 Å². The highest BCUT2D eigenvalue weighted by atomic mass is 19.1. The normalized spacial score (nSPS) is 9.57. The molecule has 0 aromatic heterocycles. The van der Waals surface area contributed by atoms with Gasteiger partial charge in [-0.1, -0.05) is 0 Å². The van der Waals surface area contributed by atoms with Crippen molar-refractivity contribution >= 4 is 11.6 Å². The fraction of sp³-hybridized carbons (Fsp3) is 0.222. The predicted molar refractivity (Wildman–Crippen MR) is 50.6 cm³/mol. The Labute approximate surface area is 80.9 Å². The summed E-state index contributed by atoms with van der Waals surface area (Å²) in [5.41, 5.74) is 5.48. The van der Waals surface area contributed by atoms with Crippen LogP contribution in [0, 0.1) is 5.82 Å². The molecule has 5 heteroatoms. The molecule has 1 aromatic carbocycles. The van der Waals surface area contributed by atoms with Crippen LogP contribution in [0.25, 0.3) is 0 Å². The van der Waals surface area contributed by atoms with Gasteiger partial charge >= 0.3 is 0 Å². The summed E-state index contributed by atoms with van der Waals surface area (Å²) in [4.78, 5) is 10.5. The molecule has 0 saturated carbocycles. The van der Waals surface area contributed by atoms with Gasteiger partial charge in [0.25, 0.3) is 0 Å². The molecule has 1 rings (SSSR count). The number of carbonyl (C=O) groups is 1. The summed E-state index contributed by atoms with van der Waals surface area (Å²) >= 11 is 0. The van der Waals surface area contributed by atoms with Crippen LogP contribution >= 0.6 is 0 Å². The molecule has 4 nitrogen and oxygen atoms in total. The van der Waals surface area contributed by atoms with Crippen LogP contribution in [0.1, 0.15) is 0 Å². The predicted octanol–water partition coefficient (Wildman–Crippen LogP) is 0.732. The van der Waals surface area contributed by atoms with Crippen LogP contribution in [0.15, 0.2) is 18.2 Å². The van der Waals surface area contributed by atoms with Crippen molar-refractivity contribution in [2.45, 2.75) is 0 Å². The Morgan fingerprint density at radius 2 is 2.36 bits per heavy atom. The van der Waals surface area contributed by atoms with Crippen LogP contribution in [-0.4, -0.2) is 19.6 Å². The first-order valence-electron chi connectivity index (χ1n) is 3.99. The number of hydrogen-bond acceptors (Lipinski definition) is 3. The number of primary amides is 1. The van der Waals surface area contributed by atoms with Gasteiger partial charge in [0.2, 0.25) is 5.91 Å². The van der Waals surface area contributed by atoms with Gasteiger partial charge in [0.05, 0.1) is 19.3 Å². The fourth-order valence-corrected chi connectivity index (χ4v) is 0.993. The molecule has 3 N–H and O–H groups in total. The lowest BCUT2D eigenvalue weighted by Crippen LogP contribution is -2.22. The quantitative estimate of drug-likeness (QED) is 0.749. The lowest BCUT2D eigenvalue weighted by Gasteiger charge is -2.09. The topological polar surface area (TPSA) is 64.3 Å².